The molecule has 1 aromatic rings. The van der Waals surface area contributed by atoms with Gasteiger partial charge >= 0.3 is 0 Å². The van der Waals surface area contributed by atoms with Gasteiger partial charge in [-0.05, 0) is 37.3 Å². The molecule has 19 heavy (non-hydrogen) atoms. The molecule has 2 atom stereocenters. The number of aryl methyl sites for hydroxylation is 1. The van der Waals surface area contributed by atoms with Crippen molar-refractivity contribution in [2.75, 3.05) is 11.4 Å². The molecule has 1 heterocycles. The number of para-hydroxylation sites is 1. The number of nitrogens with two attached hydrogens (primary N) is 1. The standard InChI is InChI=1S/C16H22N2O/c17-14-9-3-2-8-13(14)16(19)18-11-5-7-12-6-1-4-10-15(12)18/h1,4,6,10,13-14H,2-3,5,7-9,11,17H2. The summed E-state index contributed by atoms with van der Waals surface area (Å²) in [5.74, 6) is 0.277. The van der Waals surface area contributed by atoms with Crippen molar-refractivity contribution < 1.29 is 4.79 Å². The van der Waals surface area contributed by atoms with Crippen LogP contribution in [0.4, 0.5) is 5.69 Å². The maximum atomic E-state index is 12.8. The highest BCUT2D eigenvalue weighted by Gasteiger charge is 2.33. The average molecular weight is 258 g/mol. The van der Waals surface area contributed by atoms with E-state index in [0.717, 1.165) is 44.3 Å². The molecule has 2 N–H and O–H groups in total. The molecule has 2 unspecified atom stereocenters. The van der Waals surface area contributed by atoms with Crippen molar-refractivity contribution in [3.63, 3.8) is 0 Å². The van der Waals surface area contributed by atoms with Gasteiger partial charge < -0.3 is 10.6 Å². The first-order chi connectivity index (χ1) is 9.27. The minimum Gasteiger partial charge on any atom is -0.327 e. The second kappa shape index (κ2) is 5.33. The number of hydrogen-bond acceptors (Lipinski definition) is 2. The van der Waals surface area contributed by atoms with Crippen LogP contribution in [0.15, 0.2) is 24.3 Å². The summed E-state index contributed by atoms with van der Waals surface area (Å²) in [6.45, 7) is 0.846. The van der Waals surface area contributed by atoms with Crippen LogP contribution in [0.25, 0.3) is 0 Å². The Morgan fingerprint density at radius 3 is 2.79 bits per heavy atom. The van der Waals surface area contributed by atoms with Gasteiger partial charge in [-0.15, -0.1) is 0 Å². The van der Waals surface area contributed by atoms with Crippen molar-refractivity contribution in [1.29, 1.82) is 0 Å². The van der Waals surface area contributed by atoms with Crippen molar-refractivity contribution in [2.24, 2.45) is 11.7 Å². The Kier molecular flexibility index (Phi) is 3.56. The third kappa shape index (κ3) is 2.39. The van der Waals surface area contributed by atoms with Gasteiger partial charge in [-0.1, -0.05) is 31.0 Å². The predicted molar refractivity (Wildman–Crippen MR) is 77.0 cm³/mol. The molecule has 0 spiro atoms. The van der Waals surface area contributed by atoms with E-state index in [1.807, 2.05) is 11.0 Å². The molecule has 3 heteroatoms. The van der Waals surface area contributed by atoms with Gasteiger partial charge in [0.2, 0.25) is 5.91 Å². The van der Waals surface area contributed by atoms with E-state index >= 15 is 0 Å². The average Bonchev–Trinajstić information content (AvgIpc) is 2.46. The van der Waals surface area contributed by atoms with E-state index in [0.29, 0.717) is 0 Å². The Hall–Kier alpha value is -1.35. The molecule has 0 radical (unpaired) electrons. The van der Waals surface area contributed by atoms with Crippen molar-refractivity contribution in [3.05, 3.63) is 29.8 Å². The second-order valence-electron chi connectivity index (χ2n) is 5.78. The number of carbonyl (C=O) groups is 1. The molecule has 1 amide bonds. The molecule has 0 aromatic heterocycles. The molecule has 102 valence electrons. The van der Waals surface area contributed by atoms with Gasteiger partial charge in [0, 0.05) is 18.3 Å². The Morgan fingerprint density at radius 2 is 1.95 bits per heavy atom. The van der Waals surface area contributed by atoms with Crippen LogP contribution in [0.3, 0.4) is 0 Å². The Balaban J connectivity index is 1.84. The van der Waals surface area contributed by atoms with E-state index in [1.165, 1.54) is 12.0 Å². The number of carbonyl (C=O) groups excluding carboxylic acids is 1. The van der Waals surface area contributed by atoms with Gasteiger partial charge in [-0.25, -0.2) is 0 Å². The quantitative estimate of drug-likeness (QED) is 0.841. The van der Waals surface area contributed by atoms with Gasteiger partial charge in [0.1, 0.15) is 0 Å². The van der Waals surface area contributed by atoms with Crippen LogP contribution in [0.2, 0.25) is 0 Å². The third-order valence-electron chi connectivity index (χ3n) is 4.51. The lowest BCUT2D eigenvalue weighted by Gasteiger charge is -2.35. The van der Waals surface area contributed by atoms with Gasteiger partial charge in [-0.2, -0.15) is 0 Å². The fourth-order valence-electron chi connectivity index (χ4n) is 3.43. The van der Waals surface area contributed by atoms with Gasteiger partial charge in [0.25, 0.3) is 0 Å². The number of benzene rings is 1. The zero-order chi connectivity index (χ0) is 13.2. The Morgan fingerprint density at radius 1 is 1.16 bits per heavy atom. The number of anilines is 1. The van der Waals surface area contributed by atoms with Gasteiger partial charge in [0.05, 0.1) is 5.92 Å². The summed E-state index contributed by atoms with van der Waals surface area (Å²) >= 11 is 0. The van der Waals surface area contributed by atoms with Gasteiger partial charge in [-0.3, -0.25) is 4.79 Å². The number of amides is 1. The third-order valence-corrected chi connectivity index (χ3v) is 4.51. The van der Waals surface area contributed by atoms with E-state index in [2.05, 4.69) is 18.2 Å². The molecular weight excluding hydrogens is 236 g/mol. The maximum absolute atomic E-state index is 12.8. The molecule has 3 nitrogen and oxygen atoms in total. The first-order valence-electron chi connectivity index (χ1n) is 7.42. The van der Waals surface area contributed by atoms with E-state index in [-0.39, 0.29) is 17.9 Å². The molecule has 1 fully saturated rings. The van der Waals surface area contributed by atoms with Crippen molar-refractivity contribution in [1.82, 2.24) is 0 Å². The number of rotatable bonds is 1. The van der Waals surface area contributed by atoms with Gasteiger partial charge in [0.15, 0.2) is 0 Å². The minimum absolute atomic E-state index is 0.0277. The second-order valence-corrected chi connectivity index (χ2v) is 5.78. The highest BCUT2D eigenvalue weighted by molar-refractivity contribution is 5.96. The highest BCUT2D eigenvalue weighted by Crippen LogP contribution is 2.31. The summed E-state index contributed by atoms with van der Waals surface area (Å²) in [6, 6.07) is 8.33. The van der Waals surface area contributed by atoms with Crippen LogP contribution in [-0.2, 0) is 11.2 Å². The molecule has 0 saturated heterocycles. The minimum atomic E-state index is 0.0277. The molecule has 3 rings (SSSR count). The zero-order valence-electron chi connectivity index (χ0n) is 11.3. The normalized spacial score (nSPS) is 26.9. The largest absolute Gasteiger partial charge is 0.327 e. The highest BCUT2D eigenvalue weighted by atomic mass is 16.2. The fourth-order valence-corrected chi connectivity index (χ4v) is 3.43. The van der Waals surface area contributed by atoms with E-state index in [4.69, 9.17) is 5.73 Å². The first kappa shape index (κ1) is 12.7. The van der Waals surface area contributed by atoms with Crippen LogP contribution < -0.4 is 10.6 Å². The van der Waals surface area contributed by atoms with Crippen LogP contribution in [0.1, 0.15) is 37.7 Å². The maximum Gasteiger partial charge on any atom is 0.231 e. The summed E-state index contributed by atoms with van der Waals surface area (Å²) in [4.78, 5) is 14.8. The topological polar surface area (TPSA) is 46.3 Å². The van der Waals surface area contributed by atoms with E-state index < -0.39 is 0 Å². The van der Waals surface area contributed by atoms with Crippen LogP contribution in [0, 0.1) is 5.92 Å². The molecule has 1 saturated carbocycles. The first-order valence-corrected chi connectivity index (χ1v) is 7.42. The van der Waals surface area contributed by atoms with E-state index in [1.54, 1.807) is 0 Å². The van der Waals surface area contributed by atoms with Crippen molar-refractivity contribution in [3.8, 4) is 0 Å². The number of nitrogens with zero attached hydrogens (tertiary/aromatic N) is 1. The molecule has 1 aliphatic carbocycles. The number of hydrogen-bond donors (Lipinski definition) is 1. The zero-order valence-corrected chi connectivity index (χ0v) is 11.3. The van der Waals surface area contributed by atoms with Crippen LogP contribution in [0.5, 0.6) is 0 Å². The lowest BCUT2D eigenvalue weighted by Crippen LogP contribution is -2.47. The SMILES string of the molecule is NC1CCCCC1C(=O)N1CCCc2ccccc21. The van der Waals surface area contributed by atoms with Crippen molar-refractivity contribution >= 4 is 11.6 Å². The summed E-state index contributed by atoms with van der Waals surface area (Å²) in [7, 11) is 0. The Bertz CT molecular complexity index is 472. The summed E-state index contributed by atoms with van der Waals surface area (Å²) in [6.07, 6.45) is 6.40. The lowest BCUT2D eigenvalue weighted by molar-refractivity contribution is -0.123. The predicted octanol–water partition coefficient (Wildman–Crippen LogP) is 2.48. The smallest absolute Gasteiger partial charge is 0.231 e. The summed E-state index contributed by atoms with van der Waals surface area (Å²) < 4.78 is 0. The lowest BCUT2D eigenvalue weighted by atomic mass is 9.83. The summed E-state index contributed by atoms with van der Waals surface area (Å²) in [5.41, 5.74) is 8.56. The van der Waals surface area contributed by atoms with Crippen LogP contribution in [-0.4, -0.2) is 18.5 Å². The molecule has 2 aliphatic rings. The van der Waals surface area contributed by atoms with Crippen LogP contribution >= 0.6 is 0 Å². The monoisotopic (exact) mass is 258 g/mol. The Labute approximate surface area is 114 Å². The molecule has 0 bridgehead atoms. The summed E-state index contributed by atoms with van der Waals surface area (Å²) in [5, 5.41) is 0. The molecule has 1 aromatic carbocycles. The molecule has 1 aliphatic heterocycles. The molecular formula is C16H22N2O. The van der Waals surface area contributed by atoms with E-state index in [9.17, 15) is 4.79 Å². The number of fused-ring (bicyclic) bond motifs is 1. The van der Waals surface area contributed by atoms with Crippen molar-refractivity contribution in [2.45, 2.75) is 44.6 Å². The fraction of sp³-hybridized carbons (Fsp3) is 0.562.